The minimum atomic E-state index is 0.104. The van der Waals surface area contributed by atoms with Crippen molar-refractivity contribution in [1.29, 1.82) is 0 Å². The number of hydrogen-bond acceptors (Lipinski definition) is 3. The van der Waals surface area contributed by atoms with E-state index in [9.17, 15) is 4.79 Å². The third-order valence-electron chi connectivity index (χ3n) is 5.41. The molecule has 1 N–H and O–H groups in total. The Morgan fingerprint density at radius 2 is 1.92 bits per heavy atom. The average Bonchev–Trinajstić information content (AvgIpc) is 3.05. The van der Waals surface area contributed by atoms with Gasteiger partial charge in [0.05, 0.1) is 0 Å². The van der Waals surface area contributed by atoms with Crippen molar-refractivity contribution in [3.05, 3.63) is 35.9 Å². The molecule has 132 valence electrons. The fourth-order valence-electron chi connectivity index (χ4n) is 3.77. The Bertz CT molecular complexity index is 535. The number of likely N-dealkylation sites (N-methyl/N-ethyl adjacent to an activating group) is 2. The number of carbonyl (C=O) groups excluding carboxylic acids is 1. The summed E-state index contributed by atoms with van der Waals surface area (Å²) in [5.74, 6) is 0.585. The molecule has 5 nitrogen and oxygen atoms in total. The van der Waals surface area contributed by atoms with Crippen LogP contribution in [0.5, 0.6) is 0 Å². The number of piperazine rings is 1. The number of rotatable bonds is 4. The van der Waals surface area contributed by atoms with E-state index in [1.54, 1.807) is 0 Å². The topological polar surface area (TPSA) is 38.8 Å². The first kappa shape index (κ1) is 17.2. The summed E-state index contributed by atoms with van der Waals surface area (Å²) < 4.78 is 0. The van der Waals surface area contributed by atoms with Gasteiger partial charge in [0, 0.05) is 45.3 Å². The maximum Gasteiger partial charge on any atom is 0.317 e. The summed E-state index contributed by atoms with van der Waals surface area (Å²) in [5, 5.41) is 3.15. The lowest BCUT2D eigenvalue weighted by molar-refractivity contribution is 0.113. The quantitative estimate of drug-likeness (QED) is 0.909. The number of carbonyl (C=O) groups is 1. The number of likely N-dealkylation sites (tertiary alicyclic amines) is 1. The predicted molar refractivity (Wildman–Crippen MR) is 97.1 cm³/mol. The standard InChI is InChI=1S/C19H30N4O/c1-21-10-11-22(2)18(15-21)13-20-19(24)23-9-8-17(14-23)12-16-6-4-3-5-7-16/h3-7,17-18H,8-15H2,1-2H3,(H,20,24)/t17-,18+/m0/s1. The van der Waals surface area contributed by atoms with Crippen LogP contribution < -0.4 is 5.32 Å². The first-order chi connectivity index (χ1) is 11.6. The van der Waals surface area contributed by atoms with E-state index in [0.717, 1.165) is 52.1 Å². The van der Waals surface area contributed by atoms with E-state index in [1.807, 2.05) is 4.90 Å². The SMILES string of the molecule is CN1CCN(C)[C@H](CNC(=O)N2CC[C@@H](Cc3ccccc3)C2)C1. The Morgan fingerprint density at radius 1 is 1.12 bits per heavy atom. The Hall–Kier alpha value is -1.59. The Labute approximate surface area is 145 Å². The summed E-state index contributed by atoms with van der Waals surface area (Å²) in [5.41, 5.74) is 1.37. The number of urea groups is 1. The van der Waals surface area contributed by atoms with Crippen LogP contribution in [-0.4, -0.2) is 80.1 Å². The lowest BCUT2D eigenvalue weighted by Gasteiger charge is -2.37. The molecule has 0 aromatic heterocycles. The Morgan fingerprint density at radius 3 is 2.71 bits per heavy atom. The van der Waals surface area contributed by atoms with Gasteiger partial charge in [-0.1, -0.05) is 30.3 Å². The van der Waals surface area contributed by atoms with Crippen LogP contribution in [0.4, 0.5) is 4.79 Å². The Kier molecular flexibility index (Phi) is 5.74. The van der Waals surface area contributed by atoms with Crippen molar-refractivity contribution in [3.63, 3.8) is 0 Å². The van der Waals surface area contributed by atoms with Crippen LogP contribution in [0.15, 0.2) is 30.3 Å². The molecule has 1 aromatic carbocycles. The minimum absolute atomic E-state index is 0.104. The fourth-order valence-corrected chi connectivity index (χ4v) is 3.77. The van der Waals surface area contributed by atoms with Gasteiger partial charge < -0.3 is 15.1 Å². The highest BCUT2D eigenvalue weighted by molar-refractivity contribution is 5.74. The molecule has 0 aliphatic carbocycles. The van der Waals surface area contributed by atoms with Gasteiger partial charge in [0.15, 0.2) is 0 Å². The van der Waals surface area contributed by atoms with E-state index in [2.05, 4.69) is 59.5 Å². The predicted octanol–water partition coefficient (Wildman–Crippen LogP) is 1.51. The third kappa shape index (κ3) is 4.48. The van der Waals surface area contributed by atoms with E-state index in [1.165, 1.54) is 5.56 Å². The summed E-state index contributed by atoms with van der Waals surface area (Å²) in [7, 11) is 4.30. The fraction of sp³-hybridized carbons (Fsp3) is 0.632. The molecule has 0 radical (unpaired) electrons. The largest absolute Gasteiger partial charge is 0.336 e. The first-order valence-electron chi connectivity index (χ1n) is 9.07. The summed E-state index contributed by atoms with van der Waals surface area (Å²) in [6.07, 6.45) is 2.18. The highest BCUT2D eigenvalue weighted by Gasteiger charge is 2.28. The van der Waals surface area contributed by atoms with E-state index >= 15 is 0 Å². The van der Waals surface area contributed by atoms with E-state index in [-0.39, 0.29) is 6.03 Å². The molecule has 0 saturated carbocycles. The van der Waals surface area contributed by atoms with Gasteiger partial charge in [0.1, 0.15) is 0 Å². The number of benzene rings is 1. The zero-order valence-electron chi connectivity index (χ0n) is 14.9. The summed E-state index contributed by atoms with van der Waals surface area (Å²) in [4.78, 5) is 19.1. The first-order valence-corrected chi connectivity index (χ1v) is 9.07. The Balaban J connectivity index is 1.43. The van der Waals surface area contributed by atoms with Crippen molar-refractivity contribution in [1.82, 2.24) is 20.0 Å². The molecule has 2 atom stereocenters. The van der Waals surface area contributed by atoms with Crippen molar-refractivity contribution in [2.75, 3.05) is 53.4 Å². The van der Waals surface area contributed by atoms with Gasteiger partial charge in [-0.15, -0.1) is 0 Å². The normalized spacial score (nSPS) is 25.8. The summed E-state index contributed by atoms with van der Waals surface area (Å²) in [6.45, 7) is 5.69. The van der Waals surface area contributed by atoms with Crippen molar-refractivity contribution in [2.24, 2.45) is 5.92 Å². The van der Waals surface area contributed by atoms with Crippen LogP contribution in [0.25, 0.3) is 0 Å². The monoisotopic (exact) mass is 330 g/mol. The molecule has 0 unspecified atom stereocenters. The second kappa shape index (κ2) is 7.99. The molecular weight excluding hydrogens is 300 g/mol. The zero-order chi connectivity index (χ0) is 16.9. The van der Waals surface area contributed by atoms with Gasteiger partial charge in [0.25, 0.3) is 0 Å². The molecule has 2 aliphatic heterocycles. The van der Waals surface area contributed by atoms with Crippen LogP contribution in [-0.2, 0) is 6.42 Å². The number of hydrogen-bond donors (Lipinski definition) is 1. The van der Waals surface area contributed by atoms with E-state index < -0.39 is 0 Å². The van der Waals surface area contributed by atoms with Gasteiger partial charge in [-0.25, -0.2) is 4.79 Å². The molecular formula is C19H30N4O. The van der Waals surface area contributed by atoms with Crippen molar-refractivity contribution in [2.45, 2.75) is 18.9 Å². The highest BCUT2D eigenvalue weighted by Crippen LogP contribution is 2.20. The maximum absolute atomic E-state index is 12.5. The van der Waals surface area contributed by atoms with Crippen molar-refractivity contribution in [3.8, 4) is 0 Å². The highest BCUT2D eigenvalue weighted by atomic mass is 16.2. The van der Waals surface area contributed by atoms with E-state index in [4.69, 9.17) is 0 Å². The zero-order valence-corrected chi connectivity index (χ0v) is 14.9. The molecule has 2 amide bonds. The van der Waals surface area contributed by atoms with Gasteiger partial charge in [0.2, 0.25) is 0 Å². The summed E-state index contributed by atoms with van der Waals surface area (Å²) >= 11 is 0. The van der Waals surface area contributed by atoms with Crippen LogP contribution in [0.1, 0.15) is 12.0 Å². The van der Waals surface area contributed by atoms with Gasteiger partial charge in [-0.2, -0.15) is 0 Å². The summed E-state index contributed by atoms with van der Waals surface area (Å²) in [6, 6.07) is 11.1. The molecule has 1 aromatic rings. The number of nitrogens with zero attached hydrogens (tertiary/aromatic N) is 3. The molecule has 3 rings (SSSR count). The van der Waals surface area contributed by atoms with E-state index in [0.29, 0.717) is 12.0 Å². The number of amides is 2. The van der Waals surface area contributed by atoms with Crippen LogP contribution in [0, 0.1) is 5.92 Å². The van der Waals surface area contributed by atoms with Crippen LogP contribution >= 0.6 is 0 Å². The maximum atomic E-state index is 12.5. The molecule has 5 heteroatoms. The lowest BCUT2D eigenvalue weighted by Crippen LogP contribution is -2.55. The lowest BCUT2D eigenvalue weighted by atomic mass is 9.99. The van der Waals surface area contributed by atoms with Gasteiger partial charge in [-0.3, -0.25) is 4.90 Å². The molecule has 24 heavy (non-hydrogen) atoms. The third-order valence-corrected chi connectivity index (χ3v) is 5.41. The molecule has 2 heterocycles. The smallest absolute Gasteiger partial charge is 0.317 e. The molecule has 2 aliphatic rings. The van der Waals surface area contributed by atoms with Crippen molar-refractivity contribution < 1.29 is 4.79 Å². The second-order valence-electron chi connectivity index (χ2n) is 7.37. The van der Waals surface area contributed by atoms with Gasteiger partial charge in [-0.05, 0) is 38.4 Å². The number of nitrogens with one attached hydrogen (secondary N) is 1. The van der Waals surface area contributed by atoms with Gasteiger partial charge >= 0.3 is 6.03 Å². The van der Waals surface area contributed by atoms with Crippen LogP contribution in [0.2, 0.25) is 0 Å². The average molecular weight is 330 g/mol. The molecule has 2 fully saturated rings. The van der Waals surface area contributed by atoms with Crippen LogP contribution in [0.3, 0.4) is 0 Å². The minimum Gasteiger partial charge on any atom is -0.336 e. The molecule has 0 bridgehead atoms. The molecule has 0 spiro atoms. The second-order valence-corrected chi connectivity index (χ2v) is 7.37. The molecule has 2 saturated heterocycles. The van der Waals surface area contributed by atoms with Crippen molar-refractivity contribution >= 4 is 6.03 Å².